The van der Waals surface area contributed by atoms with Gasteiger partial charge in [-0.3, -0.25) is 9.36 Å². The summed E-state index contributed by atoms with van der Waals surface area (Å²) in [4.78, 5) is 15.0. The predicted molar refractivity (Wildman–Crippen MR) is 71.2 cm³/mol. The van der Waals surface area contributed by atoms with Gasteiger partial charge in [0.05, 0.1) is 16.7 Å². The summed E-state index contributed by atoms with van der Waals surface area (Å²) in [7, 11) is 0. The lowest BCUT2D eigenvalue weighted by atomic mass is 10.2. The van der Waals surface area contributed by atoms with E-state index >= 15 is 0 Å². The van der Waals surface area contributed by atoms with Crippen molar-refractivity contribution >= 4 is 17.3 Å². The third kappa shape index (κ3) is 1.81. The number of aldehydes is 1. The van der Waals surface area contributed by atoms with Crippen LogP contribution in [-0.4, -0.2) is 15.8 Å². The Morgan fingerprint density at radius 1 is 1.21 bits per heavy atom. The Labute approximate surface area is 109 Å². The summed E-state index contributed by atoms with van der Waals surface area (Å²) < 4.78 is 15.9. The van der Waals surface area contributed by atoms with E-state index in [-0.39, 0.29) is 0 Å². The molecule has 0 radical (unpaired) electrons. The van der Waals surface area contributed by atoms with Crippen LogP contribution in [0.3, 0.4) is 0 Å². The highest BCUT2D eigenvalue weighted by Gasteiger charge is 2.12. The topological polar surface area (TPSA) is 34.9 Å². The molecule has 0 unspecified atom stereocenters. The second-order valence-electron chi connectivity index (χ2n) is 4.31. The molecule has 3 rings (SSSR count). The van der Waals surface area contributed by atoms with Crippen LogP contribution in [0.2, 0.25) is 0 Å². The molecule has 0 bridgehead atoms. The zero-order valence-electron chi connectivity index (χ0n) is 10.3. The van der Waals surface area contributed by atoms with Crippen molar-refractivity contribution in [3.8, 4) is 5.69 Å². The minimum atomic E-state index is -0.434. The van der Waals surface area contributed by atoms with Gasteiger partial charge < -0.3 is 0 Å². The quantitative estimate of drug-likeness (QED) is 0.658. The van der Waals surface area contributed by atoms with Crippen molar-refractivity contribution in [2.45, 2.75) is 6.92 Å². The smallest absolute Gasteiger partial charge is 0.150 e. The molecule has 0 aliphatic rings. The van der Waals surface area contributed by atoms with Gasteiger partial charge in [0, 0.05) is 5.56 Å². The number of benzene rings is 2. The van der Waals surface area contributed by atoms with E-state index in [9.17, 15) is 9.18 Å². The fourth-order valence-corrected chi connectivity index (χ4v) is 2.23. The molecule has 0 aliphatic heterocycles. The van der Waals surface area contributed by atoms with Crippen LogP contribution in [-0.2, 0) is 0 Å². The van der Waals surface area contributed by atoms with Gasteiger partial charge >= 0.3 is 0 Å². The van der Waals surface area contributed by atoms with Gasteiger partial charge in [-0.15, -0.1) is 0 Å². The SMILES string of the molecule is Cc1nc2ccccc2n1-c1ccc(C=O)cc1F. The first kappa shape index (κ1) is 11.6. The van der Waals surface area contributed by atoms with Gasteiger partial charge in [-0.05, 0) is 37.3 Å². The van der Waals surface area contributed by atoms with Gasteiger partial charge in [0.25, 0.3) is 0 Å². The zero-order chi connectivity index (χ0) is 13.4. The van der Waals surface area contributed by atoms with Gasteiger partial charge in [-0.25, -0.2) is 9.37 Å². The molecule has 0 spiro atoms. The van der Waals surface area contributed by atoms with Crippen molar-refractivity contribution in [1.82, 2.24) is 9.55 Å². The molecule has 3 aromatic rings. The maximum atomic E-state index is 14.1. The summed E-state index contributed by atoms with van der Waals surface area (Å²) in [6.07, 6.45) is 0.631. The fraction of sp³-hybridized carbons (Fsp3) is 0.0667. The molecule has 0 fully saturated rings. The van der Waals surface area contributed by atoms with Crippen LogP contribution in [0.15, 0.2) is 42.5 Å². The van der Waals surface area contributed by atoms with E-state index in [2.05, 4.69) is 4.98 Å². The van der Waals surface area contributed by atoms with Crippen LogP contribution in [0.4, 0.5) is 4.39 Å². The van der Waals surface area contributed by atoms with Crippen LogP contribution >= 0.6 is 0 Å². The Hall–Kier alpha value is -2.49. The third-order valence-electron chi connectivity index (χ3n) is 3.08. The second-order valence-corrected chi connectivity index (χ2v) is 4.31. The van der Waals surface area contributed by atoms with Crippen molar-refractivity contribution in [2.75, 3.05) is 0 Å². The number of hydrogen-bond donors (Lipinski definition) is 0. The Morgan fingerprint density at radius 2 is 2.00 bits per heavy atom. The first-order valence-corrected chi connectivity index (χ1v) is 5.90. The Morgan fingerprint density at radius 3 is 2.74 bits per heavy atom. The van der Waals surface area contributed by atoms with Crippen molar-refractivity contribution < 1.29 is 9.18 Å². The normalized spacial score (nSPS) is 10.8. The zero-order valence-corrected chi connectivity index (χ0v) is 10.3. The standard InChI is InChI=1S/C15H11FN2O/c1-10-17-13-4-2-3-5-15(13)18(10)14-7-6-11(9-19)8-12(14)16/h2-9H,1H3. The first-order valence-electron chi connectivity index (χ1n) is 5.90. The molecule has 0 N–H and O–H groups in total. The Balaban J connectivity index is 2.30. The Bertz CT molecular complexity index is 777. The summed E-state index contributed by atoms with van der Waals surface area (Å²) in [5.74, 6) is 0.273. The molecule has 2 aromatic carbocycles. The lowest BCUT2D eigenvalue weighted by Gasteiger charge is -2.08. The Kier molecular flexibility index (Phi) is 2.63. The minimum absolute atomic E-state index is 0.323. The summed E-state index contributed by atoms with van der Waals surface area (Å²) in [5, 5.41) is 0. The fourth-order valence-electron chi connectivity index (χ4n) is 2.23. The molecule has 4 heteroatoms. The maximum Gasteiger partial charge on any atom is 0.150 e. The van der Waals surface area contributed by atoms with E-state index in [4.69, 9.17) is 0 Å². The van der Waals surface area contributed by atoms with Crippen molar-refractivity contribution in [2.24, 2.45) is 0 Å². The van der Waals surface area contributed by atoms with Crippen molar-refractivity contribution in [3.05, 3.63) is 59.7 Å². The van der Waals surface area contributed by atoms with E-state index in [0.717, 1.165) is 11.0 Å². The third-order valence-corrected chi connectivity index (χ3v) is 3.08. The number of aromatic nitrogens is 2. The highest BCUT2D eigenvalue weighted by Crippen LogP contribution is 2.23. The molecule has 0 atom stereocenters. The van der Waals surface area contributed by atoms with Crippen LogP contribution in [0.1, 0.15) is 16.2 Å². The van der Waals surface area contributed by atoms with Crippen molar-refractivity contribution in [3.63, 3.8) is 0 Å². The summed E-state index contributed by atoms with van der Waals surface area (Å²) in [5.41, 5.74) is 2.39. The summed E-state index contributed by atoms with van der Waals surface area (Å²) in [6.45, 7) is 1.83. The lowest BCUT2D eigenvalue weighted by molar-refractivity contribution is 0.112. The number of fused-ring (bicyclic) bond motifs is 1. The van der Waals surface area contributed by atoms with Gasteiger partial charge in [0.2, 0.25) is 0 Å². The number of rotatable bonds is 2. The number of para-hydroxylation sites is 2. The molecule has 0 amide bonds. The number of imidazole rings is 1. The van der Waals surface area contributed by atoms with Crippen LogP contribution < -0.4 is 0 Å². The molecule has 0 saturated carbocycles. The van der Waals surface area contributed by atoms with Gasteiger partial charge in [0.1, 0.15) is 17.9 Å². The number of carbonyl (C=O) groups excluding carboxylic acids is 1. The average Bonchev–Trinajstić information content (AvgIpc) is 2.75. The van der Waals surface area contributed by atoms with E-state index in [0.29, 0.717) is 23.4 Å². The largest absolute Gasteiger partial charge is 0.298 e. The predicted octanol–water partition coefficient (Wildman–Crippen LogP) is 3.29. The van der Waals surface area contributed by atoms with Gasteiger partial charge in [-0.1, -0.05) is 12.1 Å². The van der Waals surface area contributed by atoms with E-state index in [1.54, 1.807) is 16.7 Å². The highest BCUT2D eigenvalue weighted by atomic mass is 19.1. The van der Waals surface area contributed by atoms with Crippen molar-refractivity contribution in [1.29, 1.82) is 0 Å². The average molecular weight is 254 g/mol. The molecule has 1 heterocycles. The summed E-state index contributed by atoms with van der Waals surface area (Å²) in [6, 6.07) is 12.0. The molecular weight excluding hydrogens is 243 g/mol. The van der Waals surface area contributed by atoms with E-state index < -0.39 is 5.82 Å². The monoisotopic (exact) mass is 254 g/mol. The maximum absolute atomic E-state index is 14.1. The molecule has 0 saturated heterocycles. The molecule has 0 aliphatic carbocycles. The molecule has 94 valence electrons. The van der Waals surface area contributed by atoms with Gasteiger partial charge in [0.15, 0.2) is 0 Å². The highest BCUT2D eigenvalue weighted by molar-refractivity contribution is 5.79. The first-order chi connectivity index (χ1) is 9.20. The lowest BCUT2D eigenvalue weighted by Crippen LogP contribution is -2.00. The molecular formula is C15H11FN2O. The van der Waals surface area contributed by atoms with E-state index in [1.807, 2.05) is 31.2 Å². The van der Waals surface area contributed by atoms with Crippen LogP contribution in [0, 0.1) is 12.7 Å². The second kappa shape index (κ2) is 4.31. The van der Waals surface area contributed by atoms with Gasteiger partial charge in [-0.2, -0.15) is 0 Å². The molecule has 3 nitrogen and oxygen atoms in total. The van der Waals surface area contributed by atoms with Crippen LogP contribution in [0.5, 0.6) is 0 Å². The number of hydrogen-bond acceptors (Lipinski definition) is 2. The number of aryl methyl sites for hydroxylation is 1. The van der Waals surface area contributed by atoms with E-state index in [1.165, 1.54) is 6.07 Å². The van der Waals surface area contributed by atoms with Crippen LogP contribution in [0.25, 0.3) is 16.7 Å². The molecule has 1 aromatic heterocycles. The number of nitrogens with zero attached hydrogens (tertiary/aromatic N) is 2. The molecule has 19 heavy (non-hydrogen) atoms. The minimum Gasteiger partial charge on any atom is -0.298 e. The summed E-state index contributed by atoms with van der Waals surface area (Å²) >= 11 is 0. The number of halogens is 1. The number of carbonyl (C=O) groups is 1.